The molecule has 0 radical (unpaired) electrons. The lowest BCUT2D eigenvalue weighted by Crippen LogP contribution is -2.31. The van der Waals surface area contributed by atoms with Crippen LogP contribution in [0.5, 0.6) is 0 Å². The van der Waals surface area contributed by atoms with Gasteiger partial charge in [-0.1, -0.05) is 20.3 Å². The average Bonchev–Trinajstić information content (AvgIpc) is 3.22. The maximum absolute atomic E-state index is 9.93. The first-order valence-corrected chi connectivity index (χ1v) is 8.58. The first-order chi connectivity index (χ1) is 12.1. The van der Waals surface area contributed by atoms with Crippen molar-refractivity contribution in [3.63, 3.8) is 0 Å². The molecule has 1 saturated heterocycles. The molecule has 5 atom stereocenters. The van der Waals surface area contributed by atoms with Crippen LogP contribution < -0.4 is 5.32 Å². The van der Waals surface area contributed by atoms with Gasteiger partial charge in [0.05, 0.1) is 31.7 Å². The van der Waals surface area contributed by atoms with E-state index in [1.54, 1.807) is 10.9 Å². The summed E-state index contributed by atoms with van der Waals surface area (Å²) in [5.74, 6) is 0.830. The largest absolute Gasteiger partial charge is 0.394 e. The second-order valence-electron chi connectivity index (χ2n) is 6.48. The summed E-state index contributed by atoms with van der Waals surface area (Å²) in [5.41, 5.74) is 1.16. The standard InChI is InChI=1S/C16H25N5O4/c1-3-9(2)10(5-22)20-15-14-16(18-7-17-15)21(8-19-14)13-4-11(24)12(6-23)25-13/h7-13,22-24H,3-6H2,1-2H3,(H,17,18,20)/t9-,10+,11?,12+,13+/m0/s1. The van der Waals surface area contributed by atoms with E-state index in [9.17, 15) is 15.3 Å². The number of nitrogens with one attached hydrogen (secondary N) is 1. The summed E-state index contributed by atoms with van der Waals surface area (Å²) >= 11 is 0. The van der Waals surface area contributed by atoms with Gasteiger partial charge in [-0.05, 0) is 5.92 Å². The molecule has 3 rings (SSSR count). The molecule has 25 heavy (non-hydrogen) atoms. The van der Waals surface area contributed by atoms with Crippen molar-refractivity contribution in [3.8, 4) is 0 Å². The molecule has 3 heterocycles. The highest BCUT2D eigenvalue weighted by Crippen LogP contribution is 2.31. The average molecular weight is 351 g/mol. The molecule has 1 aliphatic heterocycles. The van der Waals surface area contributed by atoms with E-state index in [2.05, 4.69) is 34.1 Å². The van der Waals surface area contributed by atoms with Crippen molar-refractivity contribution < 1.29 is 20.1 Å². The topological polar surface area (TPSA) is 126 Å². The Bertz CT molecular complexity index is 709. The van der Waals surface area contributed by atoms with E-state index in [-0.39, 0.29) is 25.2 Å². The summed E-state index contributed by atoms with van der Waals surface area (Å²) in [5, 5.41) is 32.0. The molecule has 9 heteroatoms. The highest BCUT2D eigenvalue weighted by atomic mass is 16.5. The van der Waals surface area contributed by atoms with E-state index in [0.717, 1.165) is 6.42 Å². The summed E-state index contributed by atoms with van der Waals surface area (Å²) in [4.78, 5) is 12.9. The normalized spacial score (nSPS) is 26.0. The number of aliphatic hydroxyl groups excluding tert-OH is 3. The van der Waals surface area contributed by atoms with Crippen LogP contribution in [-0.4, -0.2) is 66.3 Å². The predicted octanol–water partition coefficient (Wildman–Crippen LogP) is 0.286. The minimum Gasteiger partial charge on any atom is -0.394 e. The van der Waals surface area contributed by atoms with E-state index in [1.165, 1.54) is 6.33 Å². The van der Waals surface area contributed by atoms with Gasteiger partial charge < -0.3 is 25.4 Å². The number of hydrogen-bond acceptors (Lipinski definition) is 8. The van der Waals surface area contributed by atoms with Gasteiger partial charge in [0.15, 0.2) is 17.0 Å². The van der Waals surface area contributed by atoms with Gasteiger partial charge in [0.25, 0.3) is 0 Å². The number of nitrogens with zero attached hydrogens (tertiary/aromatic N) is 4. The van der Waals surface area contributed by atoms with E-state index < -0.39 is 18.4 Å². The summed E-state index contributed by atoms with van der Waals surface area (Å²) in [6, 6.07) is -0.128. The van der Waals surface area contributed by atoms with Crippen LogP contribution in [0.15, 0.2) is 12.7 Å². The number of aromatic nitrogens is 4. The Labute approximate surface area is 145 Å². The Morgan fingerprint density at radius 2 is 2.16 bits per heavy atom. The number of rotatable bonds is 7. The van der Waals surface area contributed by atoms with Crippen LogP contribution in [0.4, 0.5) is 5.82 Å². The second-order valence-corrected chi connectivity index (χ2v) is 6.48. The van der Waals surface area contributed by atoms with Crippen molar-refractivity contribution in [2.24, 2.45) is 5.92 Å². The molecule has 2 aromatic heterocycles. The summed E-state index contributed by atoms with van der Waals surface area (Å²) in [6.07, 6.45) is 2.54. The number of ether oxygens (including phenoxy) is 1. The molecule has 138 valence electrons. The molecule has 0 spiro atoms. The van der Waals surface area contributed by atoms with Gasteiger partial charge in [-0.3, -0.25) is 4.57 Å². The fraction of sp³-hybridized carbons (Fsp3) is 0.688. The lowest BCUT2D eigenvalue weighted by atomic mass is 10.00. The third kappa shape index (κ3) is 3.45. The molecule has 1 aliphatic rings. The molecule has 1 unspecified atom stereocenters. The lowest BCUT2D eigenvalue weighted by Gasteiger charge is -2.22. The van der Waals surface area contributed by atoms with Crippen molar-refractivity contribution in [1.29, 1.82) is 0 Å². The maximum Gasteiger partial charge on any atom is 0.167 e. The van der Waals surface area contributed by atoms with Crippen molar-refractivity contribution in [2.45, 2.75) is 51.2 Å². The molecule has 0 bridgehead atoms. The van der Waals surface area contributed by atoms with Crippen LogP contribution in [0, 0.1) is 5.92 Å². The van der Waals surface area contributed by atoms with Crippen LogP contribution in [-0.2, 0) is 4.74 Å². The lowest BCUT2D eigenvalue weighted by molar-refractivity contribution is -0.0432. The molecule has 2 aromatic rings. The molecule has 0 saturated carbocycles. The Balaban J connectivity index is 1.88. The predicted molar refractivity (Wildman–Crippen MR) is 90.9 cm³/mol. The quantitative estimate of drug-likeness (QED) is 0.561. The van der Waals surface area contributed by atoms with Gasteiger partial charge in [0.1, 0.15) is 18.7 Å². The number of anilines is 1. The Morgan fingerprint density at radius 1 is 1.36 bits per heavy atom. The summed E-state index contributed by atoms with van der Waals surface area (Å²) in [6.45, 7) is 3.89. The smallest absolute Gasteiger partial charge is 0.167 e. The highest BCUT2D eigenvalue weighted by Gasteiger charge is 2.35. The van der Waals surface area contributed by atoms with Gasteiger partial charge in [0.2, 0.25) is 0 Å². The van der Waals surface area contributed by atoms with E-state index in [1.807, 2.05) is 0 Å². The van der Waals surface area contributed by atoms with Crippen molar-refractivity contribution in [2.75, 3.05) is 18.5 Å². The zero-order valence-electron chi connectivity index (χ0n) is 14.4. The maximum atomic E-state index is 9.93. The molecule has 9 nitrogen and oxygen atoms in total. The monoisotopic (exact) mass is 351 g/mol. The molecule has 0 amide bonds. The minimum absolute atomic E-state index is 0.00266. The fourth-order valence-electron chi connectivity index (χ4n) is 3.05. The molecule has 0 aliphatic carbocycles. The number of imidazole rings is 1. The third-order valence-corrected chi connectivity index (χ3v) is 4.90. The third-order valence-electron chi connectivity index (χ3n) is 4.90. The van der Waals surface area contributed by atoms with Crippen molar-refractivity contribution in [1.82, 2.24) is 19.5 Å². The minimum atomic E-state index is -0.726. The van der Waals surface area contributed by atoms with Gasteiger partial charge in [-0.2, -0.15) is 0 Å². The van der Waals surface area contributed by atoms with Gasteiger partial charge in [0, 0.05) is 6.42 Å². The molecule has 4 N–H and O–H groups in total. The zero-order chi connectivity index (χ0) is 18.0. The molecular weight excluding hydrogens is 326 g/mol. The number of aliphatic hydroxyl groups is 3. The SMILES string of the molecule is CC[C@H](C)[C@@H](CO)Nc1ncnc2c1ncn2[C@H]1CC(O)[C@@H](CO)O1. The first kappa shape index (κ1) is 18.0. The van der Waals surface area contributed by atoms with Gasteiger partial charge in [-0.25, -0.2) is 15.0 Å². The Morgan fingerprint density at radius 3 is 2.80 bits per heavy atom. The van der Waals surface area contributed by atoms with Crippen molar-refractivity contribution >= 4 is 17.0 Å². The number of hydrogen-bond donors (Lipinski definition) is 4. The molecular formula is C16H25N5O4. The summed E-state index contributed by atoms with van der Waals surface area (Å²) in [7, 11) is 0. The van der Waals surface area contributed by atoms with E-state index in [4.69, 9.17) is 4.74 Å². The van der Waals surface area contributed by atoms with E-state index >= 15 is 0 Å². The zero-order valence-corrected chi connectivity index (χ0v) is 14.4. The second kappa shape index (κ2) is 7.61. The van der Waals surface area contributed by atoms with Crippen LogP contribution in [0.3, 0.4) is 0 Å². The van der Waals surface area contributed by atoms with Crippen molar-refractivity contribution in [3.05, 3.63) is 12.7 Å². The van der Waals surface area contributed by atoms with Crippen LogP contribution in [0.2, 0.25) is 0 Å². The number of fused-ring (bicyclic) bond motifs is 1. The van der Waals surface area contributed by atoms with Crippen LogP contribution in [0.1, 0.15) is 32.9 Å². The van der Waals surface area contributed by atoms with E-state index in [0.29, 0.717) is 23.4 Å². The summed E-state index contributed by atoms with van der Waals surface area (Å²) < 4.78 is 7.41. The highest BCUT2D eigenvalue weighted by molar-refractivity contribution is 5.82. The fourth-order valence-corrected chi connectivity index (χ4v) is 3.05. The van der Waals surface area contributed by atoms with Crippen LogP contribution >= 0.6 is 0 Å². The molecule has 0 aromatic carbocycles. The first-order valence-electron chi connectivity index (χ1n) is 8.58. The Kier molecular flexibility index (Phi) is 5.48. The van der Waals surface area contributed by atoms with Gasteiger partial charge in [-0.15, -0.1) is 0 Å². The van der Waals surface area contributed by atoms with Crippen LogP contribution in [0.25, 0.3) is 11.2 Å². The Hall–Kier alpha value is -1.81. The molecule has 1 fully saturated rings. The van der Waals surface area contributed by atoms with Gasteiger partial charge >= 0.3 is 0 Å².